The molecule has 0 saturated heterocycles. The molecule has 0 bridgehead atoms. The summed E-state index contributed by atoms with van der Waals surface area (Å²) in [6.45, 7) is 9.48. The predicted molar refractivity (Wildman–Crippen MR) is 147 cm³/mol. The molecule has 0 aliphatic carbocycles. The second kappa shape index (κ2) is 29.0. The van der Waals surface area contributed by atoms with Crippen LogP contribution in [0, 0.1) is 0 Å². The highest BCUT2D eigenvalue weighted by atomic mass is 16.5. The topological polar surface area (TPSA) is 118 Å². The van der Waals surface area contributed by atoms with Crippen LogP contribution in [-0.2, 0) is 14.3 Å². The maximum Gasteiger partial charge on any atom is 0.305 e. The van der Waals surface area contributed by atoms with E-state index in [-0.39, 0.29) is 11.9 Å². The number of rotatable bonds is 28. The summed E-state index contributed by atoms with van der Waals surface area (Å²) in [4.78, 5) is 23.6. The number of nitrogens with one attached hydrogen (secondary N) is 4. The van der Waals surface area contributed by atoms with Crippen molar-refractivity contribution < 1.29 is 14.3 Å². The molecule has 0 radical (unpaired) electrons. The van der Waals surface area contributed by atoms with Crippen LogP contribution in [0.25, 0.3) is 0 Å². The number of hydrogen-bond donors (Lipinski definition) is 5. The second-order valence-electron chi connectivity index (χ2n) is 9.35. The highest BCUT2D eigenvalue weighted by Crippen LogP contribution is 2.10. The van der Waals surface area contributed by atoms with Crippen LogP contribution >= 0.6 is 0 Å². The molecular weight excluding hydrogens is 442 g/mol. The van der Waals surface area contributed by atoms with Crippen LogP contribution in [0.2, 0.25) is 0 Å². The lowest BCUT2D eigenvalue weighted by molar-refractivity contribution is -0.143. The molecule has 0 spiro atoms. The average molecular weight is 500 g/mol. The summed E-state index contributed by atoms with van der Waals surface area (Å²) in [5, 5.41) is 12.9. The van der Waals surface area contributed by atoms with Gasteiger partial charge >= 0.3 is 5.97 Å². The van der Waals surface area contributed by atoms with Gasteiger partial charge in [-0.3, -0.25) is 9.59 Å². The van der Waals surface area contributed by atoms with Gasteiger partial charge in [0.15, 0.2) is 0 Å². The van der Waals surface area contributed by atoms with Crippen LogP contribution in [0.15, 0.2) is 0 Å². The lowest BCUT2D eigenvalue weighted by atomic mass is 10.1. The summed E-state index contributed by atoms with van der Waals surface area (Å²) >= 11 is 0. The fourth-order valence-corrected chi connectivity index (χ4v) is 3.79. The molecule has 0 aliphatic rings. The van der Waals surface area contributed by atoms with E-state index in [1.165, 1.54) is 38.5 Å². The number of unbranched alkanes of at least 4 members (excludes halogenated alkanes) is 11. The summed E-state index contributed by atoms with van der Waals surface area (Å²) in [5.74, 6) is 0.0913. The van der Waals surface area contributed by atoms with Crippen LogP contribution < -0.4 is 27.0 Å². The Balaban J connectivity index is 3.25. The van der Waals surface area contributed by atoms with Gasteiger partial charge in [0.1, 0.15) is 0 Å². The maximum absolute atomic E-state index is 11.9. The smallest absolute Gasteiger partial charge is 0.305 e. The van der Waals surface area contributed by atoms with Gasteiger partial charge in [0.2, 0.25) is 5.91 Å². The Morgan fingerprint density at radius 2 is 1.09 bits per heavy atom. The standard InChI is InChI=1S/C27H57N5O3/c1-2-3-4-5-8-11-14-25-35-27(34)16-13-10-7-6-9-12-15-26(33)32-24-23-31-22-21-30-20-19-29-18-17-28/h29-31H,2-25,28H2,1H3,(H,32,33). The molecule has 35 heavy (non-hydrogen) atoms. The molecule has 0 aromatic heterocycles. The Morgan fingerprint density at radius 1 is 0.600 bits per heavy atom. The van der Waals surface area contributed by atoms with E-state index in [9.17, 15) is 9.59 Å². The molecule has 0 aromatic carbocycles. The van der Waals surface area contributed by atoms with E-state index < -0.39 is 0 Å². The van der Waals surface area contributed by atoms with E-state index in [0.717, 1.165) is 84.2 Å². The Bertz CT molecular complexity index is 466. The zero-order chi connectivity index (χ0) is 25.7. The molecule has 8 nitrogen and oxygen atoms in total. The summed E-state index contributed by atoms with van der Waals surface area (Å²) < 4.78 is 5.33. The molecule has 208 valence electrons. The van der Waals surface area contributed by atoms with E-state index in [0.29, 0.717) is 32.5 Å². The number of hydrogen-bond acceptors (Lipinski definition) is 7. The van der Waals surface area contributed by atoms with Gasteiger partial charge in [0.05, 0.1) is 6.61 Å². The monoisotopic (exact) mass is 499 g/mol. The second-order valence-corrected chi connectivity index (χ2v) is 9.35. The number of nitrogens with two attached hydrogens (primary N) is 1. The van der Waals surface area contributed by atoms with Gasteiger partial charge in [-0.25, -0.2) is 0 Å². The first-order valence-corrected chi connectivity index (χ1v) is 14.4. The van der Waals surface area contributed by atoms with Crippen LogP contribution in [-0.4, -0.2) is 70.8 Å². The van der Waals surface area contributed by atoms with Gasteiger partial charge in [-0.05, 0) is 19.3 Å². The normalized spacial score (nSPS) is 11.0. The van der Waals surface area contributed by atoms with Crippen molar-refractivity contribution in [2.75, 3.05) is 59.0 Å². The Labute approximate surface area is 215 Å². The SMILES string of the molecule is CCCCCCCCCOC(=O)CCCCCCCCC(=O)NCCNCCNCCNCCN. The fourth-order valence-electron chi connectivity index (χ4n) is 3.79. The zero-order valence-electron chi connectivity index (χ0n) is 22.8. The van der Waals surface area contributed by atoms with Crippen molar-refractivity contribution in [1.82, 2.24) is 21.3 Å². The Kier molecular flexibility index (Phi) is 28.0. The van der Waals surface area contributed by atoms with Crippen molar-refractivity contribution in [1.29, 1.82) is 0 Å². The van der Waals surface area contributed by atoms with E-state index in [1.54, 1.807) is 0 Å². The number of carbonyl (C=O) groups is 2. The third kappa shape index (κ3) is 28.9. The Morgan fingerprint density at radius 3 is 1.69 bits per heavy atom. The average Bonchev–Trinajstić information content (AvgIpc) is 2.85. The number of amides is 1. The van der Waals surface area contributed by atoms with E-state index in [4.69, 9.17) is 10.5 Å². The van der Waals surface area contributed by atoms with Crippen LogP contribution in [0.3, 0.4) is 0 Å². The predicted octanol–water partition coefficient (Wildman–Crippen LogP) is 3.24. The zero-order valence-corrected chi connectivity index (χ0v) is 22.8. The van der Waals surface area contributed by atoms with E-state index >= 15 is 0 Å². The highest BCUT2D eigenvalue weighted by Gasteiger charge is 2.03. The molecule has 0 fully saturated rings. The number of esters is 1. The number of carbonyl (C=O) groups excluding carboxylic acids is 2. The van der Waals surface area contributed by atoms with Gasteiger partial charge in [-0.1, -0.05) is 71.1 Å². The van der Waals surface area contributed by atoms with Crippen molar-refractivity contribution in [3.8, 4) is 0 Å². The largest absolute Gasteiger partial charge is 0.466 e. The first-order valence-electron chi connectivity index (χ1n) is 14.4. The minimum atomic E-state index is -0.0472. The molecule has 0 saturated carbocycles. The quantitative estimate of drug-likeness (QED) is 0.0828. The molecule has 6 N–H and O–H groups in total. The van der Waals surface area contributed by atoms with Gasteiger partial charge in [0.25, 0.3) is 0 Å². The maximum atomic E-state index is 11.9. The van der Waals surface area contributed by atoms with Gasteiger partial charge < -0.3 is 31.7 Å². The van der Waals surface area contributed by atoms with Crippen molar-refractivity contribution in [2.24, 2.45) is 5.73 Å². The summed E-state index contributed by atoms with van der Waals surface area (Å²) in [5.41, 5.74) is 5.42. The molecule has 1 amide bonds. The van der Waals surface area contributed by atoms with Crippen LogP contribution in [0.4, 0.5) is 0 Å². The minimum absolute atomic E-state index is 0.0472. The summed E-state index contributed by atoms with van der Waals surface area (Å²) in [6.07, 6.45) is 16.0. The van der Waals surface area contributed by atoms with Crippen molar-refractivity contribution >= 4 is 11.9 Å². The lowest BCUT2D eigenvalue weighted by Crippen LogP contribution is -2.36. The first-order chi connectivity index (χ1) is 17.2. The van der Waals surface area contributed by atoms with Crippen molar-refractivity contribution in [3.05, 3.63) is 0 Å². The molecular formula is C27H57N5O3. The summed E-state index contributed by atoms with van der Waals surface area (Å²) in [6, 6.07) is 0. The third-order valence-corrected chi connectivity index (χ3v) is 5.95. The lowest BCUT2D eigenvalue weighted by Gasteiger charge is -2.08. The van der Waals surface area contributed by atoms with Gasteiger partial charge in [0, 0.05) is 65.2 Å². The molecule has 0 unspecified atom stereocenters. The van der Waals surface area contributed by atoms with Crippen molar-refractivity contribution in [3.63, 3.8) is 0 Å². The molecule has 8 heteroatoms. The van der Waals surface area contributed by atoms with E-state index in [1.807, 2.05) is 0 Å². The molecule has 0 rings (SSSR count). The fraction of sp³-hybridized carbons (Fsp3) is 0.926. The summed E-state index contributed by atoms with van der Waals surface area (Å²) in [7, 11) is 0. The molecule has 0 heterocycles. The third-order valence-electron chi connectivity index (χ3n) is 5.95. The van der Waals surface area contributed by atoms with Gasteiger partial charge in [-0.2, -0.15) is 0 Å². The first kappa shape index (κ1) is 33.8. The molecule has 0 aromatic rings. The molecule has 0 aliphatic heterocycles. The number of ether oxygens (including phenoxy) is 1. The highest BCUT2D eigenvalue weighted by molar-refractivity contribution is 5.75. The minimum Gasteiger partial charge on any atom is -0.466 e. The van der Waals surface area contributed by atoms with Crippen LogP contribution in [0.5, 0.6) is 0 Å². The van der Waals surface area contributed by atoms with Gasteiger partial charge in [-0.15, -0.1) is 0 Å². The molecule has 0 atom stereocenters. The van der Waals surface area contributed by atoms with E-state index in [2.05, 4.69) is 28.2 Å². The van der Waals surface area contributed by atoms with Crippen molar-refractivity contribution in [2.45, 2.75) is 103 Å². The van der Waals surface area contributed by atoms with Crippen LogP contribution in [0.1, 0.15) is 103 Å². The Hall–Kier alpha value is -1.22.